The van der Waals surface area contributed by atoms with Gasteiger partial charge in [0.25, 0.3) is 0 Å². The van der Waals surface area contributed by atoms with Crippen LogP contribution in [0.3, 0.4) is 0 Å². The minimum atomic E-state index is -4.64. The number of rotatable bonds is 0. The number of phosphoric acid groups is 3. The molecule has 0 radical (unpaired) electrons. The molecule has 0 amide bonds. The van der Waals surface area contributed by atoms with Gasteiger partial charge in [0.2, 0.25) is 0 Å². The molecule has 11 N–H and O–H groups in total. The third kappa shape index (κ3) is 537. The van der Waals surface area contributed by atoms with Crippen molar-refractivity contribution in [3.05, 3.63) is 0 Å². The van der Waals surface area contributed by atoms with E-state index >= 15 is 0 Å². The molecule has 116 valence electrons. The molecular formula is H17Ca3O13P3. The van der Waals surface area contributed by atoms with Gasteiger partial charge >= 0.3 is 137 Å². The molecule has 19 heteroatoms. The summed E-state index contributed by atoms with van der Waals surface area (Å²) in [5, 5.41) is 0. The van der Waals surface area contributed by atoms with Crippen molar-refractivity contribution in [2.24, 2.45) is 0 Å². The van der Waals surface area contributed by atoms with Gasteiger partial charge in [0, 0.05) is 0 Å². The second-order valence-corrected chi connectivity index (χ2v) is 4.62. The van der Waals surface area contributed by atoms with Crippen LogP contribution in [0, 0.1) is 0 Å². The summed E-state index contributed by atoms with van der Waals surface area (Å²) < 4.78 is 26.6. The Morgan fingerprint density at radius 3 is 0.421 bits per heavy atom. The Bertz CT molecular complexity index is 209. The molecule has 0 spiro atoms. The van der Waals surface area contributed by atoms with Crippen LogP contribution >= 0.6 is 23.5 Å². The van der Waals surface area contributed by atoms with Crippen LogP contribution in [-0.4, -0.2) is 163 Å². The van der Waals surface area contributed by atoms with Gasteiger partial charge < -0.3 is 49.5 Å². The van der Waals surface area contributed by atoms with Crippen molar-refractivity contribution in [3.8, 4) is 0 Å². The van der Waals surface area contributed by atoms with Crippen molar-refractivity contribution in [3.63, 3.8) is 0 Å². The summed E-state index contributed by atoms with van der Waals surface area (Å²) in [5.41, 5.74) is 0. The average Bonchev–Trinajstić information content (AvgIpc) is 1.41. The molecular weight excluding hydrogens is 421 g/mol. The summed E-state index contributed by atoms with van der Waals surface area (Å²) in [7, 11) is -13.9. The van der Waals surface area contributed by atoms with Crippen molar-refractivity contribution in [2.45, 2.75) is 0 Å². The zero-order valence-corrected chi connectivity index (χ0v) is 9.77. The standard InChI is InChI=1S/3Ca.3H3O4P.H2O.6H/c;;;3*1-5(2,3)4;;;;;;;/h;;;3*(H3,1,2,3,4);1H2;;;;;;. The van der Waals surface area contributed by atoms with Gasteiger partial charge in [-0.3, -0.25) is 0 Å². The molecule has 0 aromatic rings. The van der Waals surface area contributed by atoms with Crippen molar-refractivity contribution >= 4 is 137 Å². The van der Waals surface area contributed by atoms with Crippen LogP contribution < -0.4 is 0 Å². The van der Waals surface area contributed by atoms with Gasteiger partial charge in [-0.2, -0.15) is 0 Å². The second kappa shape index (κ2) is 20.1. The van der Waals surface area contributed by atoms with E-state index in [0.717, 1.165) is 0 Å². The quantitative estimate of drug-likeness (QED) is 0.126. The van der Waals surface area contributed by atoms with Crippen molar-refractivity contribution < 1.29 is 63.2 Å². The third-order valence-electron chi connectivity index (χ3n) is 0. The SMILES string of the molecule is O.O=P(O)(O)O.O=P(O)(O)O.O=P(O)(O)O.[CaH2].[CaH2].[CaH2]. The van der Waals surface area contributed by atoms with E-state index in [1.807, 2.05) is 0 Å². The molecule has 0 aromatic heterocycles. The van der Waals surface area contributed by atoms with E-state index in [9.17, 15) is 0 Å². The van der Waals surface area contributed by atoms with Crippen molar-refractivity contribution in [1.29, 1.82) is 0 Å². The molecule has 0 saturated carbocycles. The monoisotopic (exact) mass is 438 g/mol. The topological polar surface area (TPSA) is 265 Å². The normalized spacial score (nSPS) is 9.32. The minimum absolute atomic E-state index is 0. The number of hydrogen-bond acceptors (Lipinski definition) is 3. The fourth-order valence-electron chi connectivity index (χ4n) is 0. The molecule has 0 aliphatic rings. The first-order chi connectivity index (χ1) is 6.00. The molecule has 0 aliphatic heterocycles. The zero-order chi connectivity index (χ0) is 13.5. The maximum absolute atomic E-state index is 8.88. The fourth-order valence-corrected chi connectivity index (χ4v) is 0. The molecule has 0 fully saturated rings. The molecule has 13 nitrogen and oxygen atoms in total. The van der Waals surface area contributed by atoms with Crippen LogP contribution in [0.2, 0.25) is 0 Å². The summed E-state index contributed by atoms with van der Waals surface area (Å²) in [5.74, 6) is 0. The van der Waals surface area contributed by atoms with E-state index < -0.39 is 23.5 Å². The first kappa shape index (κ1) is 43.5. The van der Waals surface area contributed by atoms with E-state index in [4.69, 9.17) is 57.7 Å². The van der Waals surface area contributed by atoms with Crippen LogP contribution in [0.5, 0.6) is 0 Å². The average molecular weight is 438 g/mol. The Kier molecular flexibility index (Phi) is 46.1. The van der Waals surface area contributed by atoms with Gasteiger partial charge in [-0.1, -0.05) is 0 Å². The summed E-state index contributed by atoms with van der Waals surface area (Å²) >= 11 is 0. The molecule has 0 rings (SSSR count). The predicted molar refractivity (Wildman–Crippen MR) is 72.0 cm³/mol. The summed E-state index contributed by atoms with van der Waals surface area (Å²) in [6.07, 6.45) is 0. The fraction of sp³-hybridized carbons (Fsp3) is 0. The Morgan fingerprint density at radius 2 is 0.421 bits per heavy atom. The summed E-state index contributed by atoms with van der Waals surface area (Å²) in [6, 6.07) is 0. The van der Waals surface area contributed by atoms with Crippen LogP contribution in [-0.2, 0) is 13.7 Å². The van der Waals surface area contributed by atoms with E-state index in [1.54, 1.807) is 0 Å². The van der Waals surface area contributed by atoms with E-state index in [0.29, 0.717) is 0 Å². The van der Waals surface area contributed by atoms with Crippen LogP contribution in [0.4, 0.5) is 0 Å². The Morgan fingerprint density at radius 1 is 0.421 bits per heavy atom. The van der Waals surface area contributed by atoms with E-state index in [1.165, 1.54) is 0 Å². The third-order valence-corrected chi connectivity index (χ3v) is 0. The summed E-state index contributed by atoms with van der Waals surface area (Å²) in [4.78, 5) is 64.7. The number of hydrogen-bond donors (Lipinski definition) is 9. The van der Waals surface area contributed by atoms with Gasteiger partial charge in [-0.05, 0) is 0 Å². The molecule has 0 unspecified atom stereocenters. The molecule has 0 aromatic carbocycles. The Balaban J connectivity index is -0.0000000206. The molecule has 0 aliphatic carbocycles. The Hall–Kier alpha value is 4.07. The molecule has 0 bridgehead atoms. The maximum atomic E-state index is 8.88. The molecule has 0 atom stereocenters. The van der Waals surface area contributed by atoms with Crippen molar-refractivity contribution in [2.75, 3.05) is 0 Å². The Labute approximate surface area is 196 Å². The first-order valence-corrected chi connectivity index (χ1v) is 7.04. The van der Waals surface area contributed by atoms with E-state index in [2.05, 4.69) is 0 Å². The van der Waals surface area contributed by atoms with Gasteiger partial charge in [0.05, 0.1) is 0 Å². The van der Waals surface area contributed by atoms with Gasteiger partial charge in [0.1, 0.15) is 0 Å². The molecule has 19 heavy (non-hydrogen) atoms. The predicted octanol–water partition coefficient (Wildman–Crippen LogP) is -6.36. The molecule has 0 heterocycles. The van der Waals surface area contributed by atoms with Gasteiger partial charge in [-0.25, -0.2) is 13.7 Å². The second-order valence-electron chi connectivity index (χ2n) is 1.54. The van der Waals surface area contributed by atoms with Crippen LogP contribution in [0.25, 0.3) is 0 Å². The van der Waals surface area contributed by atoms with Gasteiger partial charge in [0.15, 0.2) is 0 Å². The molecule has 0 saturated heterocycles. The zero-order valence-electron chi connectivity index (χ0n) is 7.09. The van der Waals surface area contributed by atoms with Crippen LogP contribution in [0.1, 0.15) is 0 Å². The first-order valence-electron chi connectivity index (χ1n) is 2.35. The van der Waals surface area contributed by atoms with Crippen molar-refractivity contribution in [1.82, 2.24) is 0 Å². The van der Waals surface area contributed by atoms with E-state index in [-0.39, 0.29) is 119 Å². The van der Waals surface area contributed by atoms with Gasteiger partial charge in [-0.15, -0.1) is 0 Å². The van der Waals surface area contributed by atoms with Crippen LogP contribution in [0.15, 0.2) is 0 Å². The summed E-state index contributed by atoms with van der Waals surface area (Å²) in [6.45, 7) is 0.